The third-order valence-electron chi connectivity index (χ3n) is 7.41. The largest absolute Gasteiger partial charge is 0.364 e. The molecule has 0 unspecified atom stereocenters. The predicted molar refractivity (Wildman–Crippen MR) is 146 cm³/mol. The first kappa shape index (κ1) is 23.1. The van der Waals surface area contributed by atoms with Gasteiger partial charge in [0, 0.05) is 54.6 Å². The molecule has 2 N–H and O–H groups in total. The zero-order valence-corrected chi connectivity index (χ0v) is 21.5. The van der Waals surface area contributed by atoms with E-state index in [0.717, 1.165) is 61.0 Å². The lowest BCUT2D eigenvalue weighted by Gasteiger charge is -2.40. The number of aromatic nitrogens is 4. The highest BCUT2D eigenvalue weighted by atomic mass is 15.3. The molecule has 0 aromatic carbocycles. The molecule has 0 radical (unpaired) electrons. The van der Waals surface area contributed by atoms with Crippen molar-refractivity contribution in [3.8, 4) is 11.4 Å². The van der Waals surface area contributed by atoms with E-state index in [1.165, 1.54) is 29.4 Å². The Balaban J connectivity index is 1.40. The van der Waals surface area contributed by atoms with Crippen LogP contribution in [0.2, 0.25) is 0 Å². The van der Waals surface area contributed by atoms with Crippen LogP contribution in [-0.2, 0) is 0 Å². The molecule has 3 aliphatic rings. The van der Waals surface area contributed by atoms with E-state index in [0.29, 0.717) is 5.92 Å². The molecule has 0 spiro atoms. The lowest BCUT2D eigenvalue weighted by Crippen LogP contribution is -2.57. The van der Waals surface area contributed by atoms with Crippen molar-refractivity contribution in [3.05, 3.63) is 60.1 Å². The second-order valence-corrected chi connectivity index (χ2v) is 11.0. The molecule has 7 heteroatoms. The summed E-state index contributed by atoms with van der Waals surface area (Å²) < 4.78 is 0. The molecule has 6 rings (SSSR count). The molecule has 7 nitrogen and oxygen atoms in total. The Kier molecular flexibility index (Phi) is 5.96. The van der Waals surface area contributed by atoms with Crippen LogP contribution in [-0.4, -0.2) is 51.2 Å². The number of allylic oxidation sites excluding steroid dienone is 2. The number of hydrogen-bond donors (Lipinski definition) is 2. The summed E-state index contributed by atoms with van der Waals surface area (Å²) in [4.78, 5) is 21.8. The molecule has 2 fully saturated rings. The highest BCUT2D eigenvalue weighted by molar-refractivity contribution is 5.94. The number of rotatable bonds is 6. The van der Waals surface area contributed by atoms with Gasteiger partial charge >= 0.3 is 0 Å². The molecular formula is C29H35N7. The molecule has 4 heterocycles. The van der Waals surface area contributed by atoms with E-state index in [9.17, 15) is 0 Å². The van der Waals surface area contributed by atoms with Crippen molar-refractivity contribution in [1.29, 1.82) is 0 Å². The van der Waals surface area contributed by atoms with Crippen LogP contribution < -0.4 is 15.5 Å². The number of nitrogens with one attached hydrogen (secondary N) is 2. The highest BCUT2D eigenvalue weighted by Crippen LogP contribution is 2.45. The van der Waals surface area contributed by atoms with Crippen molar-refractivity contribution in [3.63, 3.8) is 0 Å². The van der Waals surface area contributed by atoms with Crippen LogP contribution in [0.15, 0.2) is 54.5 Å². The van der Waals surface area contributed by atoms with Crippen LogP contribution in [0.25, 0.3) is 22.3 Å². The lowest BCUT2D eigenvalue weighted by molar-refractivity contribution is 0.352. The van der Waals surface area contributed by atoms with Crippen LogP contribution in [0.4, 0.5) is 11.6 Å². The minimum atomic E-state index is 0.0224. The van der Waals surface area contributed by atoms with E-state index in [-0.39, 0.29) is 11.6 Å². The van der Waals surface area contributed by atoms with Crippen LogP contribution in [0.5, 0.6) is 0 Å². The molecular weight excluding hydrogens is 446 g/mol. The zero-order chi connectivity index (χ0) is 24.7. The first-order valence-electron chi connectivity index (χ1n) is 13.2. The minimum Gasteiger partial charge on any atom is -0.364 e. The van der Waals surface area contributed by atoms with Gasteiger partial charge in [0.2, 0.25) is 0 Å². The first-order valence-corrected chi connectivity index (χ1v) is 13.2. The van der Waals surface area contributed by atoms with Gasteiger partial charge < -0.3 is 15.5 Å². The smallest absolute Gasteiger partial charge is 0.162 e. The van der Waals surface area contributed by atoms with Crippen molar-refractivity contribution in [2.75, 3.05) is 29.9 Å². The molecule has 1 atom stereocenters. The molecule has 36 heavy (non-hydrogen) atoms. The summed E-state index contributed by atoms with van der Waals surface area (Å²) in [7, 11) is 0. The van der Waals surface area contributed by atoms with Crippen LogP contribution >= 0.6 is 0 Å². The van der Waals surface area contributed by atoms with Gasteiger partial charge in [0.25, 0.3) is 0 Å². The molecule has 1 aliphatic heterocycles. The van der Waals surface area contributed by atoms with Crippen molar-refractivity contribution in [2.45, 2.75) is 64.0 Å². The van der Waals surface area contributed by atoms with E-state index in [1.807, 2.05) is 24.7 Å². The summed E-state index contributed by atoms with van der Waals surface area (Å²) in [6.07, 6.45) is 17.2. The maximum absolute atomic E-state index is 5.22. The van der Waals surface area contributed by atoms with Gasteiger partial charge in [0.15, 0.2) is 5.82 Å². The van der Waals surface area contributed by atoms with Crippen molar-refractivity contribution >= 4 is 22.5 Å². The number of nitrogens with zero attached hydrogens (tertiary/aromatic N) is 5. The topological polar surface area (TPSA) is 78.9 Å². The molecule has 0 amide bonds. The van der Waals surface area contributed by atoms with Gasteiger partial charge in [-0.05, 0) is 75.6 Å². The summed E-state index contributed by atoms with van der Waals surface area (Å²) in [5, 5.41) is 8.37. The van der Waals surface area contributed by atoms with E-state index in [4.69, 9.17) is 9.97 Å². The molecule has 3 aromatic rings. The van der Waals surface area contributed by atoms with Gasteiger partial charge in [-0.3, -0.25) is 4.98 Å². The average molecular weight is 482 g/mol. The summed E-state index contributed by atoms with van der Waals surface area (Å²) in [5.41, 5.74) is 4.51. The lowest BCUT2D eigenvalue weighted by atomic mass is 10.0. The van der Waals surface area contributed by atoms with E-state index in [2.05, 4.69) is 70.6 Å². The number of anilines is 2. The monoisotopic (exact) mass is 481 g/mol. The van der Waals surface area contributed by atoms with Crippen molar-refractivity contribution in [1.82, 2.24) is 25.3 Å². The molecule has 1 saturated carbocycles. The van der Waals surface area contributed by atoms with E-state index >= 15 is 0 Å². The van der Waals surface area contributed by atoms with Gasteiger partial charge in [-0.15, -0.1) is 0 Å². The van der Waals surface area contributed by atoms with Crippen LogP contribution in [0.3, 0.4) is 0 Å². The summed E-state index contributed by atoms with van der Waals surface area (Å²) in [6, 6.07) is 4.25. The minimum absolute atomic E-state index is 0.0224. The summed E-state index contributed by atoms with van der Waals surface area (Å²) >= 11 is 0. The molecule has 2 aliphatic carbocycles. The first-order chi connectivity index (χ1) is 17.5. The van der Waals surface area contributed by atoms with E-state index in [1.54, 1.807) is 0 Å². The standard InChI is InChI=1S/C29H35N7/c1-19(20-7-5-4-6-8-20)33-25-15-22(11-12-31-25)27-34-24-17-30-16-23(21-9-10-21)26(24)28(35-27)36-14-13-32-29(2,3)18-36/h5,7-8,11-12,15-17,19,21,32H,4,6,9-10,13-14,18H2,1-3H3,(H,31,33)/t19-/m1/s1. The second kappa shape index (κ2) is 9.28. The van der Waals surface area contributed by atoms with Gasteiger partial charge in [-0.2, -0.15) is 0 Å². The Morgan fingerprint density at radius 1 is 1.17 bits per heavy atom. The van der Waals surface area contributed by atoms with Crippen molar-refractivity contribution < 1.29 is 0 Å². The maximum atomic E-state index is 5.22. The quantitative estimate of drug-likeness (QED) is 0.499. The Labute approximate surface area is 213 Å². The number of fused-ring (bicyclic) bond motifs is 1. The fraction of sp³-hybridized carbons (Fsp3) is 0.448. The molecule has 3 aromatic heterocycles. The van der Waals surface area contributed by atoms with Crippen LogP contribution in [0.1, 0.15) is 57.9 Å². The van der Waals surface area contributed by atoms with E-state index < -0.39 is 0 Å². The summed E-state index contributed by atoms with van der Waals surface area (Å²) in [6.45, 7) is 9.44. The Hall–Kier alpha value is -3.32. The third-order valence-corrected chi connectivity index (χ3v) is 7.41. The van der Waals surface area contributed by atoms with Gasteiger partial charge in [-0.1, -0.05) is 18.2 Å². The second-order valence-electron chi connectivity index (χ2n) is 11.0. The Morgan fingerprint density at radius 2 is 2.06 bits per heavy atom. The Bertz CT molecular complexity index is 1340. The van der Waals surface area contributed by atoms with Crippen LogP contribution in [0, 0.1) is 0 Å². The maximum Gasteiger partial charge on any atom is 0.162 e. The third kappa shape index (κ3) is 4.72. The van der Waals surface area contributed by atoms with Gasteiger partial charge in [-0.25, -0.2) is 15.0 Å². The Morgan fingerprint density at radius 3 is 2.83 bits per heavy atom. The average Bonchev–Trinajstić information content (AvgIpc) is 3.73. The normalized spacial score (nSPS) is 20.3. The SMILES string of the molecule is C[C@@H](Nc1cc(-c2nc(N3CCNC(C)(C)C3)c3c(C4CC4)cncc3n2)ccn1)C1=CCCC=C1. The summed E-state index contributed by atoms with van der Waals surface area (Å²) in [5.74, 6) is 3.16. The predicted octanol–water partition coefficient (Wildman–Crippen LogP) is 5.23. The van der Waals surface area contributed by atoms with Gasteiger partial charge in [0.1, 0.15) is 11.6 Å². The fourth-order valence-corrected chi connectivity index (χ4v) is 5.38. The molecule has 0 bridgehead atoms. The highest BCUT2D eigenvalue weighted by Gasteiger charge is 2.32. The molecule has 1 saturated heterocycles. The fourth-order valence-electron chi connectivity index (χ4n) is 5.38. The van der Waals surface area contributed by atoms with Crippen molar-refractivity contribution in [2.24, 2.45) is 0 Å². The number of pyridine rings is 2. The zero-order valence-electron chi connectivity index (χ0n) is 21.5. The number of hydrogen-bond acceptors (Lipinski definition) is 7. The molecule has 186 valence electrons. The van der Waals surface area contributed by atoms with Gasteiger partial charge in [0.05, 0.1) is 11.7 Å². The number of piperazine rings is 1.